The Hall–Kier alpha value is -2.49. The van der Waals surface area contributed by atoms with Crippen LogP contribution in [0.2, 0.25) is 0 Å². The minimum atomic E-state index is 0.442. The van der Waals surface area contributed by atoms with Crippen LogP contribution in [0.1, 0.15) is 12.0 Å². The first-order valence-electron chi connectivity index (χ1n) is 5.75. The quantitative estimate of drug-likeness (QED) is 0.875. The van der Waals surface area contributed by atoms with Gasteiger partial charge in [-0.3, -0.25) is 0 Å². The normalized spacial score (nSPS) is 15.2. The van der Waals surface area contributed by atoms with Gasteiger partial charge in [0, 0.05) is 24.4 Å². The van der Waals surface area contributed by atoms with Gasteiger partial charge in [0.05, 0.1) is 12.0 Å². The van der Waals surface area contributed by atoms with Crippen molar-refractivity contribution in [2.45, 2.75) is 6.42 Å². The zero-order valence-corrected chi connectivity index (χ0v) is 9.78. The molecule has 4 heteroatoms. The molecule has 4 nitrogen and oxygen atoms in total. The molecule has 1 aromatic carbocycles. The number of nitrogens with zero attached hydrogens (tertiary/aromatic N) is 2. The van der Waals surface area contributed by atoms with Gasteiger partial charge in [-0.15, -0.1) is 0 Å². The summed E-state index contributed by atoms with van der Waals surface area (Å²) in [6, 6.07) is 9.94. The number of ether oxygens (including phenoxy) is 1. The molecule has 0 saturated heterocycles. The molecule has 3 rings (SSSR count). The van der Waals surface area contributed by atoms with Gasteiger partial charge in [0.25, 0.3) is 0 Å². The summed E-state index contributed by atoms with van der Waals surface area (Å²) in [5.74, 6) is 1.23. The maximum atomic E-state index is 5.76. The summed E-state index contributed by atoms with van der Waals surface area (Å²) < 4.78 is 7.63. The van der Waals surface area contributed by atoms with Crippen LogP contribution >= 0.6 is 0 Å². The van der Waals surface area contributed by atoms with Crippen molar-refractivity contribution in [3.8, 4) is 0 Å². The molecule has 2 aromatic rings. The van der Waals surface area contributed by atoms with Crippen LogP contribution in [0, 0.1) is 0 Å². The standard InChI is InChI=1S/C14H13N3O/c15-13-7-6-12(17-9-8-16-10-17)14(18-13)11-4-2-1-3-5-11/h1-5,7-10H,6,15H2. The Morgan fingerprint density at radius 3 is 2.78 bits per heavy atom. The van der Waals surface area contributed by atoms with E-state index in [1.165, 1.54) is 0 Å². The zero-order chi connectivity index (χ0) is 12.4. The molecule has 18 heavy (non-hydrogen) atoms. The first-order chi connectivity index (χ1) is 8.84. The second-order valence-corrected chi connectivity index (χ2v) is 4.02. The van der Waals surface area contributed by atoms with Gasteiger partial charge in [-0.05, 0) is 6.08 Å². The number of aromatic nitrogens is 2. The van der Waals surface area contributed by atoms with Crippen LogP contribution in [0.25, 0.3) is 11.5 Å². The highest BCUT2D eigenvalue weighted by atomic mass is 16.5. The van der Waals surface area contributed by atoms with Crippen LogP contribution in [0.5, 0.6) is 0 Å². The number of imidazole rings is 1. The Balaban J connectivity index is 2.10. The predicted octanol–water partition coefficient (Wildman–Crippen LogP) is 2.43. The van der Waals surface area contributed by atoms with E-state index in [2.05, 4.69) is 4.98 Å². The third-order valence-corrected chi connectivity index (χ3v) is 2.83. The fraction of sp³-hybridized carbons (Fsp3) is 0.0714. The molecule has 0 unspecified atom stereocenters. The molecule has 1 aromatic heterocycles. The summed E-state index contributed by atoms with van der Waals surface area (Å²) in [4.78, 5) is 4.07. The number of hydrogen-bond acceptors (Lipinski definition) is 3. The lowest BCUT2D eigenvalue weighted by molar-refractivity contribution is 0.368. The summed E-state index contributed by atoms with van der Waals surface area (Å²) in [5.41, 5.74) is 7.80. The van der Waals surface area contributed by atoms with Crippen molar-refractivity contribution in [2.75, 3.05) is 0 Å². The largest absolute Gasteiger partial charge is 0.439 e. The van der Waals surface area contributed by atoms with Gasteiger partial charge in [-0.2, -0.15) is 0 Å². The maximum Gasteiger partial charge on any atom is 0.187 e. The van der Waals surface area contributed by atoms with Gasteiger partial charge in [0.2, 0.25) is 0 Å². The molecule has 1 aliphatic heterocycles. The van der Waals surface area contributed by atoms with E-state index < -0.39 is 0 Å². The van der Waals surface area contributed by atoms with E-state index >= 15 is 0 Å². The third kappa shape index (κ3) is 1.88. The average Bonchev–Trinajstić information content (AvgIpc) is 2.93. The van der Waals surface area contributed by atoms with Gasteiger partial charge in [-0.1, -0.05) is 30.3 Å². The molecular formula is C14H13N3O. The topological polar surface area (TPSA) is 53.1 Å². The zero-order valence-electron chi connectivity index (χ0n) is 9.78. The van der Waals surface area contributed by atoms with Gasteiger partial charge >= 0.3 is 0 Å². The molecule has 0 amide bonds. The molecule has 2 N–H and O–H groups in total. The van der Waals surface area contributed by atoms with Crippen LogP contribution in [-0.2, 0) is 4.74 Å². The van der Waals surface area contributed by atoms with E-state index in [0.717, 1.165) is 23.4 Å². The highest BCUT2D eigenvalue weighted by Gasteiger charge is 2.17. The Labute approximate surface area is 105 Å². The first-order valence-corrected chi connectivity index (χ1v) is 5.75. The predicted molar refractivity (Wildman–Crippen MR) is 69.8 cm³/mol. The van der Waals surface area contributed by atoms with Crippen LogP contribution in [-0.4, -0.2) is 9.55 Å². The summed E-state index contributed by atoms with van der Waals surface area (Å²) in [5, 5.41) is 0. The Kier molecular flexibility index (Phi) is 2.61. The number of allylic oxidation sites excluding steroid dienone is 2. The van der Waals surface area contributed by atoms with E-state index in [-0.39, 0.29) is 0 Å². The molecule has 90 valence electrons. The Bertz CT molecular complexity index is 597. The summed E-state index contributed by atoms with van der Waals surface area (Å²) in [7, 11) is 0. The fourth-order valence-electron chi connectivity index (χ4n) is 1.96. The van der Waals surface area contributed by atoms with Crippen molar-refractivity contribution in [1.29, 1.82) is 0 Å². The Morgan fingerprint density at radius 2 is 2.06 bits per heavy atom. The third-order valence-electron chi connectivity index (χ3n) is 2.83. The summed E-state index contributed by atoms with van der Waals surface area (Å²) in [6.45, 7) is 0. The van der Waals surface area contributed by atoms with Gasteiger partial charge in [0.1, 0.15) is 0 Å². The molecule has 1 aliphatic rings. The highest BCUT2D eigenvalue weighted by Crippen LogP contribution is 2.30. The van der Waals surface area contributed by atoms with Crippen LogP contribution in [0.3, 0.4) is 0 Å². The van der Waals surface area contributed by atoms with Crippen molar-refractivity contribution in [1.82, 2.24) is 9.55 Å². The summed E-state index contributed by atoms with van der Waals surface area (Å²) >= 11 is 0. The van der Waals surface area contributed by atoms with E-state index in [1.807, 2.05) is 47.2 Å². The van der Waals surface area contributed by atoms with Crippen molar-refractivity contribution >= 4 is 11.5 Å². The second kappa shape index (κ2) is 4.41. The van der Waals surface area contributed by atoms with Crippen molar-refractivity contribution in [2.24, 2.45) is 5.73 Å². The second-order valence-electron chi connectivity index (χ2n) is 4.02. The van der Waals surface area contributed by atoms with E-state index in [9.17, 15) is 0 Å². The number of rotatable bonds is 2. The Morgan fingerprint density at radius 1 is 1.22 bits per heavy atom. The van der Waals surface area contributed by atoms with Crippen LogP contribution in [0.4, 0.5) is 0 Å². The lowest BCUT2D eigenvalue weighted by atomic mass is 10.1. The van der Waals surface area contributed by atoms with Gasteiger partial charge < -0.3 is 15.0 Å². The van der Waals surface area contributed by atoms with E-state index in [0.29, 0.717) is 5.88 Å². The average molecular weight is 239 g/mol. The molecule has 0 aliphatic carbocycles. The number of benzene rings is 1. The molecule has 2 heterocycles. The molecular weight excluding hydrogens is 226 g/mol. The SMILES string of the molecule is NC1=CCC(n2ccnc2)=C(c2ccccc2)O1. The fourth-order valence-corrected chi connectivity index (χ4v) is 1.96. The molecule has 0 radical (unpaired) electrons. The van der Waals surface area contributed by atoms with Gasteiger partial charge in [-0.25, -0.2) is 4.98 Å². The van der Waals surface area contributed by atoms with Crippen LogP contribution < -0.4 is 5.73 Å². The highest BCUT2D eigenvalue weighted by molar-refractivity contribution is 5.81. The van der Waals surface area contributed by atoms with Crippen molar-refractivity contribution in [3.63, 3.8) is 0 Å². The minimum absolute atomic E-state index is 0.442. The number of nitrogens with two attached hydrogens (primary N) is 1. The monoisotopic (exact) mass is 239 g/mol. The maximum absolute atomic E-state index is 5.76. The first kappa shape index (κ1) is 10.7. The van der Waals surface area contributed by atoms with E-state index in [1.54, 1.807) is 12.5 Å². The summed E-state index contributed by atoms with van der Waals surface area (Å²) in [6.07, 6.45) is 8.00. The lowest BCUT2D eigenvalue weighted by Gasteiger charge is -2.20. The molecule has 0 bridgehead atoms. The molecule has 0 saturated carbocycles. The number of hydrogen-bond donors (Lipinski definition) is 1. The molecule has 0 spiro atoms. The smallest absolute Gasteiger partial charge is 0.187 e. The van der Waals surface area contributed by atoms with Crippen molar-refractivity contribution in [3.05, 3.63) is 66.6 Å². The minimum Gasteiger partial charge on any atom is -0.439 e. The lowest BCUT2D eigenvalue weighted by Crippen LogP contribution is -2.11. The molecule has 0 fully saturated rings. The van der Waals surface area contributed by atoms with Gasteiger partial charge in [0.15, 0.2) is 11.6 Å². The van der Waals surface area contributed by atoms with E-state index in [4.69, 9.17) is 10.5 Å². The van der Waals surface area contributed by atoms with Crippen molar-refractivity contribution < 1.29 is 4.74 Å². The van der Waals surface area contributed by atoms with Crippen LogP contribution in [0.15, 0.2) is 61.0 Å². The molecule has 0 atom stereocenters.